The van der Waals surface area contributed by atoms with Gasteiger partial charge in [0, 0.05) is 18.7 Å². The second-order valence-corrected chi connectivity index (χ2v) is 8.99. The van der Waals surface area contributed by atoms with Crippen LogP contribution in [0.5, 0.6) is 5.88 Å². The Morgan fingerprint density at radius 1 is 1.34 bits per heavy atom. The first-order valence-corrected chi connectivity index (χ1v) is 11.1. The number of amides is 2. The van der Waals surface area contributed by atoms with Crippen molar-refractivity contribution < 1.29 is 24.4 Å². The number of fused-ring (bicyclic) bond motifs is 1. The zero-order chi connectivity index (χ0) is 23.0. The average molecular weight is 445 g/mol. The number of aromatic amines is 1. The van der Waals surface area contributed by atoms with E-state index in [9.17, 15) is 24.6 Å². The molecule has 32 heavy (non-hydrogen) atoms. The molecule has 2 aliphatic rings. The Morgan fingerprint density at radius 3 is 2.75 bits per heavy atom. The molecule has 1 saturated heterocycles. The Balaban J connectivity index is 1.75. The van der Waals surface area contributed by atoms with E-state index in [1.54, 1.807) is 17.2 Å². The van der Waals surface area contributed by atoms with Gasteiger partial charge in [0.2, 0.25) is 11.5 Å². The average Bonchev–Trinajstić information content (AvgIpc) is 3.26. The summed E-state index contributed by atoms with van der Waals surface area (Å²) < 4.78 is 2.75. The molecule has 1 aliphatic carbocycles. The van der Waals surface area contributed by atoms with E-state index in [0.717, 1.165) is 25.7 Å². The molecule has 10 heteroatoms. The van der Waals surface area contributed by atoms with Crippen LogP contribution >= 0.6 is 0 Å². The minimum Gasteiger partial charge on any atom is -0.477 e. The van der Waals surface area contributed by atoms with Gasteiger partial charge in [-0.05, 0) is 37.7 Å². The third-order valence-electron chi connectivity index (χ3n) is 5.93. The molecule has 1 saturated carbocycles. The zero-order valence-electron chi connectivity index (χ0n) is 18.4. The monoisotopic (exact) mass is 444 g/mol. The molecule has 1 aliphatic heterocycles. The summed E-state index contributed by atoms with van der Waals surface area (Å²) in [6.45, 7) is 4.81. The fourth-order valence-corrected chi connectivity index (χ4v) is 4.18. The van der Waals surface area contributed by atoms with Crippen LogP contribution in [-0.4, -0.2) is 61.8 Å². The van der Waals surface area contributed by atoms with Crippen molar-refractivity contribution in [1.29, 1.82) is 0 Å². The van der Waals surface area contributed by atoms with Crippen molar-refractivity contribution in [3.05, 3.63) is 33.8 Å². The smallest absolute Gasteiger partial charge is 0.378 e. The first-order valence-electron chi connectivity index (χ1n) is 11.1. The summed E-state index contributed by atoms with van der Waals surface area (Å²) in [5, 5.41) is 26.0. The van der Waals surface area contributed by atoms with Gasteiger partial charge in [-0.15, -0.1) is 0 Å². The molecule has 2 amide bonds. The Labute approximate surface area is 185 Å². The van der Waals surface area contributed by atoms with E-state index in [-0.39, 0.29) is 42.0 Å². The number of aliphatic hydroxyl groups is 1. The highest BCUT2D eigenvalue weighted by Gasteiger charge is 2.34. The largest absolute Gasteiger partial charge is 0.477 e. The van der Waals surface area contributed by atoms with Crippen LogP contribution in [0.3, 0.4) is 0 Å². The van der Waals surface area contributed by atoms with Crippen LogP contribution in [0, 0.1) is 5.92 Å². The maximum absolute atomic E-state index is 13.0. The number of aromatic nitrogens is 3. The molecule has 4 rings (SSSR count). The highest BCUT2D eigenvalue weighted by atomic mass is 16.3. The molecule has 1 atom stereocenters. The van der Waals surface area contributed by atoms with Gasteiger partial charge in [-0.1, -0.05) is 18.4 Å². The number of nitrogens with zero attached hydrogens (tertiary/aromatic N) is 3. The quantitative estimate of drug-likeness (QED) is 0.357. The van der Waals surface area contributed by atoms with E-state index in [0.29, 0.717) is 24.3 Å². The molecule has 172 valence electrons. The standard InChI is InChI=1S/C22H29N5O5/c1-13(2)11-26-20-14(5-8-17(29)25-9-3-4-16(25)12-28)10-23-27(20)22(32)18(21(26)31)19(30)24-15-6-7-15/h5,8,10,13,15-16,28H,3-4,6-7,9,11-12H2,1-2H3,(H2,24,30,31,32)/p+1/b8-5+/t16-/m0/s1. The number of carbonyl (C=O) groups excluding carboxylic acids is 2. The SMILES string of the molecule is CC(C)C[n+]1c(O)c(C(=O)NC2CC2)c(=O)n2[nH]cc(/C=C/C(=O)N3CCC[C@H]3CO)c21. The molecule has 0 bridgehead atoms. The second-order valence-electron chi connectivity index (χ2n) is 8.99. The van der Waals surface area contributed by atoms with Gasteiger partial charge in [0.25, 0.3) is 5.91 Å². The molecule has 2 aromatic heterocycles. The minimum absolute atomic E-state index is 0.0435. The molecule has 10 nitrogen and oxygen atoms in total. The van der Waals surface area contributed by atoms with E-state index < -0.39 is 11.5 Å². The number of H-pyrrole nitrogens is 1. The number of carbonyl (C=O) groups is 2. The van der Waals surface area contributed by atoms with E-state index in [1.165, 1.54) is 15.2 Å². The lowest BCUT2D eigenvalue weighted by molar-refractivity contribution is -0.686. The van der Waals surface area contributed by atoms with Crippen molar-refractivity contribution >= 4 is 23.5 Å². The second kappa shape index (κ2) is 8.78. The first kappa shape index (κ1) is 22.1. The summed E-state index contributed by atoms with van der Waals surface area (Å²) in [6, 6.07) is -0.137. The fraction of sp³-hybridized carbons (Fsp3) is 0.545. The van der Waals surface area contributed by atoms with Crippen LogP contribution in [0.15, 0.2) is 17.1 Å². The Kier molecular flexibility index (Phi) is 6.05. The lowest BCUT2D eigenvalue weighted by atomic mass is 10.2. The molecular formula is C22H30N5O5+. The first-order chi connectivity index (χ1) is 15.3. The van der Waals surface area contributed by atoms with Crippen molar-refractivity contribution in [3.8, 4) is 5.88 Å². The summed E-state index contributed by atoms with van der Waals surface area (Å²) in [5.74, 6) is -1.08. The molecule has 0 radical (unpaired) electrons. The molecule has 3 heterocycles. The van der Waals surface area contributed by atoms with Gasteiger partial charge in [0.05, 0.1) is 31.0 Å². The number of nitrogens with one attached hydrogen (secondary N) is 2. The van der Waals surface area contributed by atoms with Gasteiger partial charge in [0.15, 0.2) is 0 Å². The summed E-state index contributed by atoms with van der Waals surface area (Å²) >= 11 is 0. The molecule has 0 aromatic carbocycles. The fourth-order valence-electron chi connectivity index (χ4n) is 4.18. The highest BCUT2D eigenvalue weighted by Crippen LogP contribution is 2.21. The van der Waals surface area contributed by atoms with Crippen molar-refractivity contribution in [2.45, 2.75) is 58.2 Å². The molecule has 0 unspecified atom stereocenters. The van der Waals surface area contributed by atoms with Gasteiger partial charge >= 0.3 is 17.1 Å². The molecule has 2 fully saturated rings. The predicted octanol–water partition coefficient (Wildman–Crippen LogP) is 0.165. The molecule has 2 aromatic rings. The van der Waals surface area contributed by atoms with Crippen LogP contribution in [0.25, 0.3) is 11.7 Å². The van der Waals surface area contributed by atoms with E-state index in [4.69, 9.17) is 0 Å². The number of aromatic hydroxyl groups is 1. The van der Waals surface area contributed by atoms with Gasteiger partial charge in [0.1, 0.15) is 0 Å². The molecular weight excluding hydrogens is 414 g/mol. The van der Waals surface area contributed by atoms with Crippen molar-refractivity contribution in [1.82, 2.24) is 19.8 Å². The van der Waals surface area contributed by atoms with E-state index in [2.05, 4.69) is 10.4 Å². The number of rotatable bonds is 7. The summed E-state index contributed by atoms with van der Waals surface area (Å²) in [6.07, 6.45) is 7.90. The van der Waals surface area contributed by atoms with Crippen LogP contribution < -0.4 is 15.4 Å². The van der Waals surface area contributed by atoms with Crippen LogP contribution in [-0.2, 0) is 11.3 Å². The van der Waals surface area contributed by atoms with Gasteiger partial charge in [-0.25, -0.2) is 9.89 Å². The Morgan fingerprint density at radius 2 is 2.09 bits per heavy atom. The van der Waals surface area contributed by atoms with Gasteiger partial charge < -0.3 is 20.4 Å². The number of hydrogen-bond donors (Lipinski definition) is 4. The lowest BCUT2D eigenvalue weighted by Gasteiger charge is -2.21. The lowest BCUT2D eigenvalue weighted by Crippen LogP contribution is -2.46. The Bertz CT molecular complexity index is 1130. The van der Waals surface area contributed by atoms with Crippen molar-refractivity contribution in [3.63, 3.8) is 0 Å². The van der Waals surface area contributed by atoms with Crippen LogP contribution in [0.4, 0.5) is 0 Å². The van der Waals surface area contributed by atoms with E-state index >= 15 is 0 Å². The summed E-state index contributed by atoms with van der Waals surface area (Å²) in [4.78, 5) is 40.0. The zero-order valence-corrected chi connectivity index (χ0v) is 18.4. The molecule has 0 spiro atoms. The molecule has 4 N–H and O–H groups in total. The summed E-state index contributed by atoms with van der Waals surface area (Å²) in [5.41, 5.74) is -0.0541. The normalized spacial score (nSPS) is 18.9. The maximum atomic E-state index is 13.0. The Hall–Kier alpha value is -3.14. The third kappa shape index (κ3) is 4.14. The topological polar surface area (TPSA) is 131 Å². The van der Waals surface area contributed by atoms with Crippen LogP contribution in [0.1, 0.15) is 55.5 Å². The summed E-state index contributed by atoms with van der Waals surface area (Å²) in [7, 11) is 0. The number of likely N-dealkylation sites (tertiary alicyclic amines) is 1. The number of aliphatic hydroxyl groups excluding tert-OH is 1. The van der Waals surface area contributed by atoms with E-state index in [1.807, 2.05) is 13.8 Å². The van der Waals surface area contributed by atoms with Crippen molar-refractivity contribution in [2.24, 2.45) is 5.92 Å². The van der Waals surface area contributed by atoms with Gasteiger partial charge in [-0.3, -0.25) is 9.59 Å². The predicted molar refractivity (Wildman–Crippen MR) is 116 cm³/mol. The highest BCUT2D eigenvalue weighted by molar-refractivity contribution is 5.96. The third-order valence-corrected chi connectivity index (χ3v) is 5.93. The van der Waals surface area contributed by atoms with Crippen molar-refractivity contribution in [2.75, 3.05) is 13.2 Å². The minimum atomic E-state index is -0.651. The van der Waals surface area contributed by atoms with Crippen LogP contribution in [0.2, 0.25) is 0 Å². The maximum Gasteiger partial charge on any atom is 0.378 e. The van der Waals surface area contributed by atoms with Gasteiger partial charge in [-0.2, -0.15) is 4.57 Å². The number of hydrogen-bond acceptors (Lipinski definition) is 5.